The molecule has 2 heterocycles. The predicted octanol–water partition coefficient (Wildman–Crippen LogP) is 3.45. The number of aromatic nitrogens is 1. The molecule has 1 fully saturated rings. The summed E-state index contributed by atoms with van der Waals surface area (Å²) in [7, 11) is 1.59. The van der Waals surface area contributed by atoms with Gasteiger partial charge in [-0.2, -0.15) is 0 Å². The first-order valence-corrected chi connectivity index (χ1v) is 10.2. The van der Waals surface area contributed by atoms with Gasteiger partial charge in [0.2, 0.25) is 5.91 Å². The fraction of sp³-hybridized carbons (Fsp3) is 0.450. The van der Waals surface area contributed by atoms with E-state index in [9.17, 15) is 9.59 Å². The van der Waals surface area contributed by atoms with Crippen LogP contribution in [0.15, 0.2) is 24.3 Å². The number of nitrogens with zero attached hydrogens (tertiary/aromatic N) is 2. The Hall–Kier alpha value is -2.41. The number of thiazole rings is 1. The molecule has 0 radical (unpaired) electrons. The van der Waals surface area contributed by atoms with Gasteiger partial charge in [0, 0.05) is 23.5 Å². The molecule has 1 atom stereocenters. The number of fused-ring (bicyclic) bond motifs is 1. The molecule has 1 unspecified atom stereocenters. The van der Waals surface area contributed by atoms with E-state index in [0.717, 1.165) is 49.3 Å². The molecule has 4 rings (SSSR count). The van der Waals surface area contributed by atoms with Crippen LogP contribution >= 0.6 is 11.3 Å². The van der Waals surface area contributed by atoms with Gasteiger partial charge in [-0.3, -0.25) is 14.9 Å². The smallest absolute Gasteiger partial charge is 0.257 e. The summed E-state index contributed by atoms with van der Waals surface area (Å²) in [6.07, 6.45) is 5.07. The molecular weight excluding hydrogens is 362 g/mol. The van der Waals surface area contributed by atoms with E-state index in [-0.39, 0.29) is 17.7 Å². The minimum atomic E-state index is -0.205. The lowest BCUT2D eigenvalue weighted by molar-refractivity contribution is -0.133. The Kier molecular flexibility index (Phi) is 5.11. The predicted molar refractivity (Wildman–Crippen MR) is 105 cm³/mol. The lowest BCUT2D eigenvalue weighted by atomic mass is 10.0. The van der Waals surface area contributed by atoms with Crippen molar-refractivity contribution in [1.82, 2.24) is 9.88 Å². The van der Waals surface area contributed by atoms with Gasteiger partial charge in [0.1, 0.15) is 5.75 Å². The number of carbonyl (C=O) groups excluding carboxylic acids is 2. The number of likely N-dealkylation sites (tertiary alicyclic amines) is 1. The molecule has 1 N–H and O–H groups in total. The van der Waals surface area contributed by atoms with Crippen molar-refractivity contribution in [2.45, 2.75) is 38.0 Å². The van der Waals surface area contributed by atoms with Gasteiger partial charge in [-0.15, -0.1) is 11.3 Å². The van der Waals surface area contributed by atoms with Crippen LogP contribution in [0.1, 0.15) is 52.5 Å². The number of amides is 2. The van der Waals surface area contributed by atoms with Crippen molar-refractivity contribution in [3.8, 4) is 5.75 Å². The zero-order valence-corrected chi connectivity index (χ0v) is 16.2. The molecule has 0 saturated carbocycles. The van der Waals surface area contributed by atoms with Crippen molar-refractivity contribution >= 4 is 28.3 Å². The molecule has 1 saturated heterocycles. The van der Waals surface area contributed by atoms with Crippen molar-refractivity contribution in [1.29, 1.82) is 0 Å². The third kappa shape index (κ3) is 3.69. The minimum Gasteiger partial charge on any atom is -0.497 e. The maximum atomic E-state index is 12.9. The first kappa shape index (κ1) is 18.0. The van der Waals surface area contributed by atoms with Crippen LogP contribution in [0.25, 0.3) is 0 Å². The van der Waals surface area contributed by atoms with E-state index in [1.54, 1.807) is 31.4 Å². The average molecular weight is 385 g/mol. The van der Waals surface area contributed by atoms with Crippen LogP contribution in [0.2, 0.25) is 0 Å². The summed E-state index contributed by atoms with van der Waals surface area (Å²) in [6, 6.07) is 6.95. The summed E-state index contributed by atoms with van der Waals surface area (Å²) >= 11 is 1.48. The molecule has 1 aromatic carbocycles. The number of rotatable bonds is 4. The molecule has 2 aliphatic rings. The molecule has 2 amide bonds. The molecule has 2 aromatic rings. The molecule has 0 bridgehead atoms. The van der Waals surface area contributed by atoms with Crippen molar-refractivity contribution < 1.29 is 14.3 Å². The highest BCUT2D eigenvalue weighted by molar-refractivity contribution is 7.16. The number of anilines is 1. The van der Waals surface area contributed by atoms with E-state index in [4.69, 9.17) is 4.74 Å². The molecule has 1 aliphatic heterocycles. The summed E-state index contributed by atoms with van der Waals surface area (Å²) in [5, 5.41) is 3.43. The molecular formula is C20H23N3O3S. The largest absolute Gasteiger partial charge is 0.497 e. The van der Waals surface area contributed by atoms with E-state index in [1.165, 1.54) is 17.8 Å². The zero-order valence-electron chi connectivity index (χ0n) is 15.4. The second-order valence-electron chi connectivity index (χ2n) is 6.99. The molecule has 6 nitrogen and oxygen atoms in total. The zero-order chi connectivity index (χ0) is 18.8. The van der Waals surface area contributed by atoms with Crippen LogP contribution in [0.4, 0.5) is 5.13 Å². The van der Waals surface area contributed by atoms with Crippen LogP contribution in [0, 0.1) is 0 Å². The molecule has 142 valence electrons. The van der Waals surface area contributed by atoms with Crippen molar-refractivity contribution in [2.24, 2.45) is 0 Å². The highest BCUT2D eigenvalue weighted by Gasteiger charge is 2.35. The van der Waals surface area contributed by atoms with Crippen molar-refractivity contribution in [3.05, 3.63) is 40.4 Å². The number of hydrogen-bond acceptors (Lipinski definition) is 5. The summed E-state index contributed by atoms with van der Waals surface area (Å²) in [5.41, 5.74) is 1.41. The van der Waals surface area contributed by atoms with Gasteiger partial charge in [-0.05, 0) is 56.4 Å². The molecule has 1 aromatic heterocycles. The number of benzene rings is 1. The maximum Gasteiger partial charge on any atom is 0.257 e. The summed E-state index contributed by atoms with van der Waals surface area (Å²) in [5.74, 6) is 0.551. The van der Waals surface area contributed by atoms with Gasteiger partial charge < -0.3 is 9.64 Å². The van der Waals surface area contributed by atoms with E-state index in [0.29, 0.717) is 16.4 Å². The maximum absolute atomic E-state index is 12.9. The van der Waals surface area contributed by atoms with Crippen LogP contribution in [0.3, 0.4) is 0 Å². The van der Waals surface area contributed by atoms with Gasteiger partial charge in [0.15, 0.2) is 5.13 Å². The molecule has 0 spiro atoms. The number of piperidine rings is 1. The second kappa shape index (κ2) is 7.68. The fourth-order valence-corrected chi connectivity index (χ4v) is 4.80. The third-order valence-electron chi connectivity index (χ3n) is 5.26. The van der Waals surface area contributed by atoms with Crippen LogP contribution in [-0.2, 0) is 11.2 Å². The number of aryl methyl sites for hydroxylation is 1. The number of hydrogen-bond donors (Lipinski definition) is 1. The Bertz CT molecular complexity index is 841. The second-order valence-corrected chi connectivity index (χ2v) is 8.07. The average Bonchev–Trinajstić information content (AvgIpc) is 3.28. The lowest BCUT2D eigenvalue weighted by Gasteiger charge is -2.29. The number of ether oxygens (including phenoxy) is 1. The summed E-state index contributed by atoms with van der Waals surface area (Å²) in [4.78, 5) is 33.0. The van der Waals surface area contributed by atoms with E-state index >= 15 is 0 Å². The van der Waals surface area contributed by atoms with Gasteiger partial charge in [-0.1, -0.05) is 0 Å². The molecule has 1 aliphatic carbocycles. The van der Waals surface area contributed by atoms with E-state index in [1.807, 2.05) is 4.90 Å². The van der Waals surface area contributed by atoms with Gasteiger partial charge >= 0.3 is 0 Å². The van der Waals surface area contributed by atoms with Crippen molar-refractivity contribution in [3.63, 3.8) is 0 Å². The molecule has 7 heteroatoms. The Morgan fingerprint density at radius 3 is 2.63 bits per heavy atom. The standard InChI is InChI=1S/C20H23N3O3S/c1-26-14-7-5-13(6-8-14)18(24)22-20-21-17-15(9-10-16(17)27-20)19(25)23-11-3-2-4-12-23/h5-8,15H,2-4,9-12H2,1H3,(H,21,22,24). The lowest BCUT2D eigenvalue weighted by Crippen LogP contribution is -2.38. The SMILES string of the molecule is COc1ccc(C(=O)Nc2nc3c(s2)CCC3C(=O)N2CCCCC2)cc1. The monoisotopic (exact) mass is 385 g/mol. The third-order valence-corrected chi connectivity index (χ3v) is 6.30. The van der Waals surface area contributed by atoms with Crippen LogP contribution in [0.5, 0.6) is 5.75 Å². The first-order chi connectivity index (χ1) is 13.2. The van der Waals surface area contributed by atoms with Gasteiger partial charge in [-0.25, -0.2) is 4.98 Å². The Labute approximate surface area is 162 Å². The number of carbonyl (C=O) groups is 2. The Morgan fingerprint density at radius 1 is 1.19 bits per heavy atom. The van der Waals surface area contributed by atoms with Crippen LogP contribution in [-0.4, -0.2) is 41.9 Å². The summed E-state index contributed by atoms with van der Waals surface area (Å²) < 4.78 is 5.11. The highest BCUT2D eigenvalue weighted by Crippen LogP contribution is 2.39. The van der Waals surface area contributed by atoms with E-state index < -0.39 is 0 Å². The Morgan fingerprint density at radius 2 is 1.93 bits per heavy atom. The normalized spacial score (nSPS) is 18.9. The first-order valence-electron chi connectivity index (χ1n) is 9.39. The fourth-order valence-electron chi connectivity index (χ4n) is 3.77. The summed E-state index contributed by atoms with van der Waals surface area (Å²) in [6.45, 7) is 1.71. The number of methoxy groups -OCH3 is 1. The topological polar surface area (TPSA) is 71.5 Å². The highest BCUT2D eigenvalue weighted by atomic mass is 32.1. The van der Waals surface area contributed by atoms with E-state index in [2.05, 4.69) is 10.3 Å². The van der Waals surface area contributed by atoms with Gasteiger partial charge in [0.25, 0.3) is 5.91 Å². The minimum absolute atomic E-state index is 0.152. The van der Waals surface area contributed by atoms with Gasteiger partial charge in [0.05, 0.1) is 18.7 Å². The Balaban J connectivity index is 1.45. The number of nitrogens with one attached hydrogen (secondary N) is 1. The molecule has 27 heavy (non-hydrogen) atoms. The quantitative estimate of drug-likeness (QED) is 0.875. The van der Waals surface area contributed by atoms with Crippen LogP contribution < -0.4 is 10.1 Å². The van der Waals surface area contributed by atoms with Crippen molar-refractivity contribution in [2.75, 3.05) is 25.5 Å².